The van der Waals surface area contributed by atoms with Gasteiger partial charge in [-0.1, -0.05) is 66.7 Å². The molecule has 5 heteroatoms. The molecule has 0 fully saturated rings. The summed E-state index contributed by atoms with van der Waals surface area (Å²) in [5, 5.41) is 3.01. The minimum Gasteiger partial charge on any atom is -0.356 e. The first-order chi connectivity index (χ1) is 15.6. The fraction of sp³-hybridized carbons (Fsp3) is 0.222. The first-order valence-corrected chi connectivity index (χ1v) is 11.0. The van der Waals surface area contributed by atoms with Crippen LogP contribution in [0.3, 0.4) is 0 Å². The van der Waals surface area contributed by atoms with Crippen LogP contribution in [0.1, 0.15) is 33.7 Å². The largest absolute Gasteiger partial charge is 0.356 e. The molecule has 0 unspecified atom stereocenters. The van der Waals surface area contributed by atoms with Crippen LogP contribution in [0.4, 0.5) is 0 Å². The Kier molecular flexibility index (Phi) is 6.75. The number of rotatable bonds is 9. The van der Waals surface area contributed by atoms with Crippen LogP contribution in [0.2, 0.25) is 0 Å². The summed E-state index contributed by atoms with van der Waals surface area (Å²) in [4.78, 5) is 29.9. The van der Waals surface area contributed by atoms with Gasteiger partial charge in [0, 0.05) is 18.5 Å². The summed E-state index contributed by atoms with van der Waals surface area (Å²) in [6, 6.07) is 25.1. The summed E-state index contributed by atoms with van der Waals surface area (Å²) >= 11 is 0. The van der Waals surface area contributed by atoms with Gasteiger partial charge in [-0.25, -0.2) is 4.98 Å². The summed E-state index contributed by atoms with van der Waals surface area (Å²) in [5.41, 5.74) is 4.70. The van der Waals surface area contributed by atoms with Crippen LogP contribution >= 0.6 is 0 Å². The molecule has 162 valence electrons. The van der Waals surface area contributed by atoms with Gasteiger partial charge in [-0.3, -0.25) is 9.59 Å². The number of amides is 1. The molecule has 3 aromatic carbocycles. The second-order valence-electron chi connectivity index (χ2n) is 7.95. The van der Waals surface area contributed by atoms with Gasteiger partial charge in [0.05, 0.1) is 24.0 Å². The summed E-state index contributed by atoms with van der Waals surface area (Å²) in [7, 11) is 0. The number of ketones is 1. The molecule has 0 aliphatic heterocycles. The van der Waals surface area contributed by atoms with Gasteiger partial charge in [-0.05, 0) is 36.6 Å². The van der Waals surface area contributed by atoms with E-state index in [0.29, 0.717) is 24.9 Å². The molecule has 0 spiro atoms. The van der Waals surface area contributed by atoms with E-state index in [1.807, 2.05) is 90.4 Å². The fourth-order valence-corrected chi connectivity index (χ4v) is 3.87. The molecule has 1 N–H and O–H groups in total. The van der Waals surface area contributed by atoms with Crippen LogP contribution in [0.25, 0.3) is 11.0 Å². The zero-order valence-electron chi connectivity index (χ0n) is 18.3. The summed E-state index contributed by atoms with van der Waals surface area (Å²) < 4.78 is 2.00. The predicted octanol–water partition coefficient (Wildman–Crippen LogP) is 4.52. The predicted molar refractivity (Wildman–Crippen MR) is 127 cm³/mol. The van der Waals surface area contributed by atoms with E-state index < -0.39 is 0 Å². The number of imidazole rings is 1. The summed E-state index contributed by atoms with van der Waals surface area (Å²) in [6.45, 7) is 2.84. The van der Waals surface area contributed by atoms with Crippen molar-refractivity contribution in [3.05, 3.63) is 101 Å². The molecule has 0 radical (unpaired) electrons. The van der Waals surface area contributed by atoms with Gasteiger partial charge in [0.25, 0.3) is 0 Å². The Labute approximate surface area is 188 Å². The maximum Gasteiger partial charge on any atom is 0.224 e. The van der Waals surface area contributed by atoms with Gasteiger partial charge in [-0.15, -0.1) is 0 Å². The van der Waals surface area contributed by atoms with Crippen molar-refractivity contribution in [3.8, 4) is 0 Å². The van der Waals surface area contributed by atoms with Gasteiger partial charge in [0.2, 0.25) is 5.91 Å². The molecule has 1 aromatic heterocycles. The number of nitrogens with one attached hydrogen (secondary N) is 1. The lowest BCUT2D eigenvalue weighted by atomic mass is 10.1. The van der Waals surface area contributed by atoms with Gasteiger partial charge in [0.15, 0.2) is 5.78 Å². The van der Waals surface area contributed by atoms with E-state index in [0.717, 1.165) is 34.4 Å². The molecule has 0 aliphatic carbocycles. The molecule has 5 nitrogen and oxygen atoms in total. The quantitative estimate of drug-likeness (QED) is 0.317. The first-order valence-electron chi connectivity index (χ1n) is 11.0. The monoisotopic (exact) mass is 425 g/mol. The van der Waals surface area contributed by atoms with Crippen LogP contribution in [-0.2, 0) is 24.2 Å². The molecule has 0 saturated heterocycles. The highest BCUT2D eigenvalue weighted by Gasteiger charge is 2.15. The highest BCUT2D eigenvalue weighted by Crippen LogP contribution is 2.18. The van der Waals surface area contributed by atoms with Gasteiger partial charge in [0.1, 0.15) is 5.82 Å². The van der Waals surface area contributed by atoms with Crippen molar-refractivity contribution in [2.24, 2.45) is 0 Å². The zero-order chi connectivity index (χ0) is 22.3. The first kappa shape index (κ1) is 21.5. The SMILES string of the molecule is Cc1ccccc1CC(=O)NCCCc1nc2ccccc2n1CC(=O)c1ccccc1. The molecular formula is C27H27N3O2. The van der Waals surface area contributed by atoms with E-state index in [9.17, 15) is 9.59 Å². The highest BCUT2D eigenvalue weighted by molar-refractivity contribution is 5.96. The molecule has 0 saturated carbocycles. The summed E-state index contributed by atoms with van der Waals surface area (Å²) in [5.74, 6) is 0.942. The van der Waals surface area contributed by atoms with Crippen LogP contribution in [0.15, 0.2) is 78.9 Å². The van der Waals surface area contributed by atoms with Crippen molar-refractivity contribution in [1.29, 1.82) is 0 Å². The maximum absolute atomic E-state index is 12.8. The van der Waals surface area contributed by atoms with E-state index in [2.05, 4.69) is 5.32 Å². The molecule has 1 heterocycles. The Balaban J connectivity index is 1.39. The van der Waals surface area contributed by atoms with E-state index in [1.54, 1.807) is 0 Å². The number of Topliss-reactive ketones (excluding diaryl/α,β-unsaturated/α-hetero) is 1. The number of hydrogen-bond acceptors (Lipinski definition) is 3. The van der Waals surface area contributed by atoms with E-state index in [1.165, 1.54) is 0 Å². The highest BCUT2D eigenvalue weighted by atomic mass is 16.1. The fourth-order valence-electron chi connectivity index (χ4n) is 3.87. The van der Waals surface area contributed by atoms with Gasteiger partial charge in [-0.2, -0.15) is 0 Å². The van der Waals surface area contributed by atoms with Crippen LogP contribution < -0.4 is 5.32 Å². The molecule has 0 atom stereocenters. The van der Waals surface area contributed by atoms with E-state index >= 15 is 0 Å². The molecule has 32 heavy (non-hydrogen) atoms. The molecule has 0 bridgehead atoms. The number of carbonyl (C=O) groups excluding carboxylic acids is 2. The number of nitrogens with zero attached hydrogens (tertiary/aromatic N) is 2. The number of hydrogen-bond donors (Lipinski definition) is 1. The summed E-state index contributed by atoms with van der Waals surface area (Å²) in [6.07, 6.45) is 1.82. The van der Waals surface area contributed by atoms with E-state index in [4.69, 9.17) is 4.98 Å². The van der Waals surface area contributed by atoms with E-state index in [-0.39, 0.29) is 18.2 Å². The number of carbonyl (C=O) groups is 2. The lowest BCUT2D eigenvalue weighted by Gasteiger charge is -2.10. The zero-order valence-corrected chi connectivity index (χ0v) is 18.3. The van der Waals surface area contributed by atoms with Crippen LogP contribution in [0, 0.1) is 6.92 Å². The van der Waals surface area contributed by atoms with Crippen molar-refractivity contribution in [2.75, 3.05) is 6.54 Å². The Morgan fingerprint density at radius 3 is 2.44 bits per heavy atom. The lowest BCUT2D eigenvalue weighted by molar-refractivity contribution is -0.120. The molecule has 4 aromatic rings. The molecule has 1 amide bonds. The van der Waals surface area contributed by atoms with Crippen molar-refractivity contribution < 1.29 is 9.59 Å². The number of benzene rings is 3. The van der Waals surface area contributed by atoms with Crippen LogP contribution in [0.5, 0.6) is 0 Å². The minimum absolute atomic E-state index is 0.0204. The minimum atomic E-state index is 0.0204. The number of para-hydroxylation sites is 2. The van der Waals surface area contributed by atoms with Gasteiger partial charge < -0.3 is 9.88 Å². The van der Waals surface area contributed by atoms with Gasteiger partial charge >= 0.3 is 0 Å². The average molecular weight is 426 g/mol. The smallest absolute Gasteiger partial charge is 0.224 e. The molecule has 0 aliphatic rings. The third-order valence-electron chi connectivity index (χ3n) is 5.64. The van der Waals surface area contributed by atoms with Crippen LogP contribution in [-0.4, -0.2) is 27.8 Å². The lowest BCUT2D eigenvalue weighted by Crippen LogP contribution is -2.27. The maximum atomic E-state index is 12.8. The normalized spacial score (nSPS) is 10.9. The number of aryl methyl sites for hydroxylation is 2. The second kappa shape index (κ2) is 10.1. The topological polar surface area (TPSA) is 64.0 Å². The average Bonchev–Trinajstić information content (AvgIpc) is 3.16. The van der Waals surface area contributed by atoms with Crippen molar-refractivity contribution >= 4 is 22.7 Å². The standard InChI is InChI=1S/C27H27N3O2/c1-20-10-5-6-13-22(20)18-27(32)28-17-9-16-26-29-23-14-7-8-15-24(23)30(26)19-25(31)21-11-3-2-4-12-21/h2-8,10-15H,9,16-19H2,1H3,(H,28,32). The Morgan fingerprint density at radius 2 is 1.62 bits per heavy atom. The molecular weight excluding hydrogens is 398 g/mol. The van der Waals surface area contributed by atoms with Crippen molar-refractivity contribution in [1.82, 2.24) is 14.9 Å². The Hall–Kier alpha value is -3.73. The molecule has 4 rings (SSSR count). The third-order valence-corrected chi connectivity index (χ3v) is 5.64. The number of aromatic nitrogens is 2. The Morgan fingerprint density at radius 1 is 0.906 bits per heavy atom. The second-order valence-corrected chi connectivity index (χ2v) is 7.95. The van der Waals surface area contributed by atoms with Crippen molar-refractivity contribution in [2.45, 2.75) is 32.7 Å². The number of fused-ring (bicyclic) bond motifs is 1. The third kappa shape index (κ3) is 5.11. The van der Waals surface area contributed by atoms with Crippen molar-refractivity contribution in [3.63, 3.8) is 0 Å². The Bertz CT molecular complexity index is 1230.